The summed E-state index contributed by atoms with van der Waals surface area (Å²) in [5.74, 6) is 2.11. The Bertz CT molecular complexity index is 464. The highest BCUT2D eigenvalue weighted by Gasteiger charge is 2.30. The van der Waals surface area contributed by atoms with Crippen LogP contribution in [0.2, 0.25) is 0 Å². The van der Waals surface area contributed by atoms with E-state index in [1.165, 1.54) is 12.8 Å². The molecule has 1 aromatic rings. The molecule has 116 valence electrons. The highest BCUT2D eigenvalue weighted by atomic mass is 16.5. The quantitative estimate of drug-likeness (QED) is 0.761. The molecule has 0 aromatic heterocycles. The zero-order valence-electron chi connectivity index (χ0n) is 12.7. The third-order valence-corrected chi connectivity index (χ3v) is 3.84. The number of hydrogen-bond donors (Lipinski definition) is 2. The van der Waals surface area contributed by atoms with Gasteiger partial charge in [0.25, 0.3) is 0 Å². The van der Waals surface area contributed by atoms with E-state index >= 15 is 0 Å². The van der Waals surface area contributed by atoms with Crippen LogP contribution in [0.1, 0.15) is 24.8 Å². The number of nitrogens with one attached hydrogen (secondary N) is 1. The van der Waals surface area contributed by atoms with Crippen LogP contribution in [-0.2, 0) is 11.2 Å². The molecule has 1 saturated carbocycles. The summed E-state index contributed by atoms with van der Waals surface area (Å²) in [6.07, 6.45) is 3.45. The number of hydrogen-bond acceptors (Lipinski definition) is 4. The van der Waals surface area contributed by atoms with E-state index in [0.29, 0.717) is 25.3 Å². The third kappa shape index (κ3) is 4.63. The van der Waals surface area contributed by atoms with Crippen molar-refractivity contribution in [2.75, 3.05) is 20.8 Å². The molecule has 21 heavy (non-hydrogen) atoms. The predicted octanol–water partition coefficient (Wildman–Crippen LogP) is 1.49. The lowest BCUT2D eigenvalue weighted by Gasteiger charge is -2.16. The van der Waals surface area contributed by atoms with Gasteiger partial charge in [0.1, 0.15) is 11.5 Å². The van der Waals surface area contributed by atoms with Crippen molar-refractivity contribution in [1.82, 2.24) is 5.32 Å². The van der Waals surface area contributed by atoms with Gasteiger partial charge in [-0.05, 0) is 42.9 Å². The minimum Gasteiger partial charge on any atom is -0.497 e. The van der Waals surface area contributed by atoms with E-state index < -0.39 is 0 Å². The Hall–Kier alpha value is -1.75. The molecule has 0 spiro atoms. The van der Waals surface area contributed by atoms with Crippen molar-refractivity contribution in [2.24, 2.45) is 11.7 Å². The average Bonchev–Trinajstić information content (AvgIpc) is 3.34. The lowest BCUT2D eigenvalue weighted by atomic mass is 10.1. The molecule has 1 aliphatic carbocycles. The topological polar surface area (TPSA) is 73.6 Å². The summed E-state index contributed by atoms with van der Waals surface area (Å²) in [6, 6.07) is 5.81. The van der Waals surface area contributed by atoms with E-state index in [4.69, 9.17) is 15.2 Å². The first-order valence-electron chi connectivity index (χ1n) is 7.37. The summed E-state index contributed by atoms with van der Waals surface area (Å²) >= 11 is 0. The van der Waals surface area contributed by atoms with Gasteiger partial charge in [-0.3, -0.25) is 4.79 Å². The summed E-state index contributed by atoms with van der Waals surface area (Å²) in [7, 11) is 3.24. The Morgan fingerprint density at radius 2 is 1.90 bits per heavy atom. The molecule has 5 heteroatoms. The molecule has 2 rings (SSSR count). The van der Waals surface area contributed by atoms with Crippen LogP contribution in [-0.4, -0.2) is 32.7 Å². The number of benzene rings is 1. The van der Waals surface area contributed by atoms with Crippen molar-refractivity contribution < 1.29 is 14.3 Å². The summed E-state index contributed by atoms with van der Waals surface area (Å²) in [5.41, 5.74) is 6.72. The number of amides is 1. The van der Waals surface area contributed by atoms with Crippen LogP contribution in [0, 0.1) is 5.92 Å². The van der Waals surface area contributed by atoms with Crippen molar-refractivity contribution >= 4 is 5.91 Å². The molecule has 1 unspecified atom stereocenters. The maximum absolute atomic E-state index is 12.0. The molecule has 3 N–H and O–H groups in total. The molecule has 1 fully saturated rings. The van der Waals surface area contributed by atoms with Crippen molar-refractivity contribution in [3.8, 4) is 11.5 Å². The van der Waals surface area contributed by atoms with Crippen molar-refractivity contribution in [2.45, 2.75) is 31.7 Å². The first-order chi connectivity index (χ1) is 10.2. The second-order valence-corrected chi connectivity index (χ2v) is 5.47. The van der Waals surface area contributed by atoms with Crippen molar-refractivity contribution in [1.29, 1.82) is 0 Å². The van der Waals surface area contributed by atoms with E-state index in [-0.39, 0.29) is 11.9 Å². The van der Waals surface area contributed by atoms with Crippen LogP contribution in [0.25, 0.3) is 0 Å². The normalized spacial score (nSPS) is 15.4. The van der Waals surface area contributed by atoms with Gasteiger partial charge in [0.2, 0.25) is 5.91 Å². The Kier molecular flexibility index (Phi) is 5.44. The number of ether oxygens (including phenoxy) is 2. The minimum absolute atomic E-state index is 0.0548. The first kappa shape index (κ1) is 15.6. The zero-order chi connectivity index (χ0) is 15.2. The van der Waals surface area contributed by atoms with E-state index in [1.54, 1.807) is 14.2 Å². The molecular weight excluding hydrogens is 268 g/mol. The van der Waals surface area contributed by atoms with Gasteiger partial charge in [-0.25, -0.2) is 0 Å². The van der Waals surface area contributed by atoms with Crippen LogP contribution in [0.5, 0.6) is 11.5 Å². The van der Waals surface area contributed by atoms with Gasteiger partial charge in [0.15, 0.2) is 0 Å². The summed E-state index contributed by atoms with van der Waals surface area (Å²) in [4.78, 5) is 12.0. The fourth-order valence-electron chi connectivity index (χ4n) is 2.42. The maximum atomic E-state index is 12.0. The molecule has 0 aliphatic heterocycles. The molecule has 1 amide bonds. The van der Waals surface area contributed by atoms with Crippen LogP contribution >= 0.6 is 0 Å². The highest BCUT2D eigenvalue weighted by Crippen LogP contribution is 2.32. The van der Waals surface area contributed by atoms with Crippen LogP contribution in [0.3, 0.4) is 0 Å². The largest absolute Gasteiger partial charge is 0.497 e. The SMILES string of the molecule is COc1cc(CCC(=O)NC(CN)C2CC2)cc(OC)c1. The smallest absolute Gasteiger partial charge is 0.220 e. The van der Waals surface area contributed by atoms with E-state index in [0.717, 1.165) is 17.1 Å². The predicted molar refractivity (Wildman–Crippen MR) is 81.6 cm³/mol. The maximum Gasteiger partial charge on any atom is 0.220 e. The molecule has 1 atom stereocenters. The van der Waals surface area contributed by atoms with E-state index in [9.17, 15) is 4.79 Å². The van der Waals surface area contributed by atoms with Crippen LogP contribution in [0.15, 0.2) is 18.2 Å². The van der Waals surface area contributed by atoms with Gasteiger partial charge in [-0.1, -0.05) is 0 Å². The molecule has 0 heterocycles. The van der Waals surface area contributed by atoms with Crippen LogP contribution < -0.4 is 20.5 Å². The van der Waals surface area contributed by atoms with Gasteiger partial charge in [-0.2, -0.15) is 0 Å². The van der Waals surface area contributed by atoms with Crippen molar-refractivity contribution in [3.63, 3.8) is 0 Å². The van der Waals surface area contributed by atoms with Gasteiger partial charge in [0, 0.05) is 25.1 Å². The first-order valence-corrected chi connectivity index (χ1v) is 7.37. The average molecular weight is 292 g/mol. The molecular formula is C16H24N2O3. The summed E-state index contributed by atoms with van der Waals surface area (Å²) < 4.78 is 10.5. The Morgan fingerprint density at radius 1 is 1.29 bits per heavy atom. The standard InChI is InChI=1S/C16H24N2O3/c1-20-13-7-11(8-14(9-13)21-2)3-6-16(19)18-15(10-17)12-4-5-12/h7-9,12,15H,3-6,10,17H2,1-2H3,(H,18,19). The number of aryl methyl sites for hydroxylation is 1. The van der Waals surface area contributed by atoms with Crippen molar-refractivity contribution in [3.05, 3.63) is 23.8 Å². The second kappa shape index (κ2) is 7.31. The molecule has 0 bridgehead atoms. The van der Waals surface area contributed by atoms with Gasteiger partial charge in [0.05, 0.1) is 14.2 Å². The number of carbonyl (C=O) groups excluding carboxylic acids is 1. The summed E-state index contributed by atoms with van der Waals surface area (Å²) in [5, 5.41) is 3.03. The monoisotopic (exact) mass is 292 g/mol. The number of rotatable bonds is 8. The fraction of sp³-hybridized carbons (Fsp3) is 0.562. The minimum atomic E-state index is 0.0548. The lowest BCUT2D eigenvalue weighted by molar-refractivity contribution is -0.121. The van der Waals surface area contributed by atoms with E-state index in [2.05, 4.69) is 5.32 Å². The number of nitrogens with two attached hydrogens (primary N) is 1. The van der Waals surface area contributed by atoms with Gasteiger partial charge >= 0.3 is 0 Å². The number of methoxy groups -OCH3 is 2. The number of carbonyl (C=O) groups is 1. The summed E-state index contributed by atoms with van der Waals surface area (Å²) in [6.45, 7) is 0.517. The fourth-order valence-corrected chi connectivity index (χ4v) is 2.42. The highest BCUT2D eigenvalue weighted by molar-refractivity contribution is 5.76. The van der Waals surface area contributed by atoms with E-state index in [1.807, 2.05) is 18.2 Å². The zero-order valence-corrected chi connectivity index (χ0v) is 12.7. The van der Waals surface area contributed by atoms with Gasteiger partial charge < -0.3 is 20.5 Å². The van der Waals surface area contributed by atoms with Crippen LogP contribution in [0.4, 0.5) is 0 Å². The second-order valence-electron chi connectivity index (χ2n) is 5.47. The van der Waals surface area contributed by atoms with Gasteiger partial charge in [-0.15, -0.1) is 0 Å². The molecule has 1 aromatic carbocycles. The Balaban J connectivity index is 1.88. The molecule has 5 nitrogen and oxygen atoms in total. The third-order valence-electron chi connectivity index (χ3n) is 3.84. The molecule has 1 aliphatic rings. The molecule has 0 saturated heterocycles. The Labute approximate surface area is 125 Å². The Morgan fingerprint density at radius 3 is 2.38 bits per heavy atom. The lowest BCUT2D eigenvalue weighted by Crippen LogP contribution is -2.41. The molecule has 0 radical (unpaired) electrons.